The van der Waals surface area contributed by atoms with Gasteiger partial charge in [0.1, 0.15) is 10.6 Å². The Hall–Kier alpha value is -2.39. The molecule has 1 fully saturated rings. The van der Waals surface area contributed by atoms with E-state index < -0.39 is 10.0 Å². The zero-order valence-electron chi connectivity index (χ0n) is 15.3. The number of methoxy groups -OCH3 is 1. The maximum absolute atomic E-state index is 12.7. The van der Waals surface area contributed by atoms with Gasteiger partial charge in [-0.05, 0) is 37.5 Å². The first-order valence-corrected chi connectivity index (χ1v) is 10.4. The van der Waals surface area contributed by atoms with Gasteiger partial charge in [-0.15, -0.1) is 0 Å². The summed E-state index contributed by atoms with van der Waals surface area (Å²) in [4.78, 5) is 17.6. The van der Waals surface area contributed by atoms with Crippen molar-refractivity contribution in [3.05, 3.63) is 36.9 Å². The van der Waals surface area contributed by atoms with E-state index in [0.29, 0.717) is 31.6 Å². The summed E-state index contributed by atoms with van der Waals surface area (Å²) >= 11 is 0. The van der Waals surface area contributed by atoms with Crippen molar-refractivity contribution in [2.75, 3.05) is 25.1 Å². The summed E-state index contributed by atoms with van der Waals surface area (Å²) in [6.45, 7) is 1.72. The van der Waals surface area contributed by atoms with Crippen molar-refractivity contribution >= 4 is 21.6 Å². The Morgan fingerprint density at radius 2 is 2.15 bits per heavy atom. The third-order valence-corrected chi connectivity index (χ3v) is 6.00. The molecule has 8 nitrogen and oxygen atoms in total. The second kappa shape index (κ2) is 8.53. The summed E-state index contributed by atoms with van der Waals surface area (Å²) in [5.41, 5.74) is 0.582. The Kier molecular flexibility index (Phi) is 6.12. The number of nitrogens with zero attached hydrogens (tertiary/aromatic N) is 3. The highest BCUT2D eigenvalue weighted by atomic mass is 32.2. The van der Waals surface area contributed by atoms with Crippen molar-refractivity contribution in [2.24, 2.45) is 0 Å². The fourth-order valence-corrected chi connectivity index (χ4v) is 4.35. The number of sulfonamides is 1. The number of carbonyl (C=O) groups is 1. The van der Waals surface area contributed by atoms with Crippen LogP contribution in [0.5, 0.6) is 5.75 Å². The standard InChI is InChI=1S/C18H24N4O4S/c1-26-16-7-6-15(22-11-4-5-18(22)23)13-17(16)27(24,25)20-8-2-3-10-21-12-9-19-14-21/h6-7,9,12-14,20H,2-5,8,10-11H2,1H3. The van der Waals surface area contributed by atoms with Gasteiger partial charge in [-0.25, -0.2) is 18.1 Å². The lowest BCUT2D eigenvalue weighted by molar-refractivity contribution is -0.117. The SMILES string of the molecule is COc1ccc(N2CCCC2=O)cc1S(=O)(=O)NCCCCn1ccnc1. The molecule has 0 aliphatic carbocycles. The third-order valence-electron chi connectivity index (χ3n) is 4.52. The Morgan fingerprint density at radius 3 is 2.81 bits per heavy atom. The molecule has 0 unspecified atom stereocenters. The molecule has 1 amide bonds. The molecule has 1 aliphatic heterocycles. The summed E-state index contributed by atoms with van der Waals surface area (Å²) in [7, 11) is -2.31. The molecule has 1 aromatic heterocycles. The molecule has 27 heavy (non-hydrogen) atoms. The molecule has 0 atom stereocenters. The number of rotatable bonds is 9. The van der Waals surface area contributed by atoms with Crippen molar-refractivity contribution < 1.29 is 17.9 Å². The van der Waals surface area contributed by atoms with E-state index in [1.54, 1.807) is 29.6 Å². The van der Waals surface area contributed by atoms with E-state index >= 15 is 0 Å². The number of ether oxygens (including phenoxy) is 1. The smallest absolute Gasteiger partial charge is 0.244 e. The number of amides is 1. The molecule has 2 heterocycles. The van der Waals surface area contributed by atoms with Gasteiger partial charge in [-0.1, -0.05) is 0 Å². The van der Waals surface area contributed by atoms with Gasteiger partial charge in [0.05, 0.1) is 13.4 Å². The van der Waals surface area contributed by atoms with Gasteiger partial charge in [-0.3, -0.25) is 4.79 Å². The molecule has 2 aromatic rings. The van der Waals surface area contributed by atoms with E-state index in [4.69, 9.17) is 4.74 Å². The Balaban J connectivity index is 1.65. The molecule has 1 N–H and O–H groups in total. The van der Waals surface area contributed by atoms with E-state index in [9.17, 15) is 13.2 Å². The molecule has 1 aliphatic rings. The van der Waals surface area contributed by atoms with Crippen LogP contribution in [0.3, 0.4) is 0 Å². The normalized spacial score (nSPS) is 14.7. The van der Waals surface area contributed by atoms with Crippen LogP contribution in [0.2, 0.25) is 0 Å². The molecule has 1 aromatic carbocycles. The van der Waals surface area contributed by atoms with Crippen LogP contribution in [-0.2, 0) is 21.4 Å². The number of anilines is 1. The van der Waals surface area contributed by atoms with Gasteiger partial charge in [0.15, 0.2) is 0 Å². The van der Waals surface area contributed by atoms with Gasteiger partial charge in [0, 0.05) is 44.1 Å². The first-order chi connectivity index (χ1) is 13.0. The summed E-state index contributed by atoms with van der Waals surface area (Å²) in [5.74, 6) is 0.271. The second-order valence-electron chi connectivity index (χ2n) is 6.39. The first kappa shape index (κ1) is 19.4. The average Bonchev–Trinajstić information content (AvgIpc) is 3.32. The Labute approximate surface area is 159 Å². The number of aromatic nitrogens is 2. The van der Waals surface area contributed by atoms with Crippen LogP contribution >= 0.6 is 0 Å². The number of imidazole rings is 1. The molecule has 0 radical (unpaired) electrons. The largest absolute Gasteiger partial charge is 0.495 e. The highest BCUT2D eigenvalue weighted by Crippen LogP contribution is 2.30. The minimum absolute atomic E-state index is 0.0102. The summed E-state index contributed by atoms with van der Waals surface area (Å²) in [5, 5.41) is 0. The van der Waals surface area contributed by atoms with E-state index in [-0.39, 0.29) is 16.6 Å². The maximum atomic E-state index is 12.7. The van der Waals surface area contributed by atoms with Gasteiger partial charge in [-0.2, -0.15) is 0 Å². The molecule has 0 bridgehead atoms. The van der Waals surface area contributed by atoms with E-state index in [1.807, 2.05) is 10.8 Å². The van der Waals surface area contributed by atoms with Crippen molar-refractivity contribution in [1.29, 1.82) is 0 Å². The summed E-state index contributed by atoms with van der Waals surface area (Å²) in [6, 6.07) is 4.82. The van der Waals surface area contributed by atoms with Crippen LogP contribution < -0.4 is 14.4 Å². The quantitative estimate of drug-likeness (QED) is 0.657. The fraction of sp³-hybridized carbons (Fsp3) is 0.444. The van der Waals surface area contributed by atoms with Crippen LogP contribution in [-0.4, -0.2) is 44.1 Å². The zero-order chi connectivity index (χ0) is 19.3. The molecule has 1 saturated heterocycles. The number of hydrogen-bond acceptors (Lipinski definition) is 5. The number of aryl methyl sites for hydroxylation is 1. The van der Waals surface area contributed by atoms with Crippen molar-refractivity contribution in [3.63, 3.8) is 0 Å². The maximum Gasteiger partial charge on any atom is 0.244 e. The molecule has 0 saturated carbocycles. The predicted molar refractivity (Wildman–Crippen MR) is 101 cm³/mol. The molecular formula is C18H24N4O4S. The van der Waals surface area contributed by atoms with Crippen molar-refractivity contribution in [1.82, 2.24) is 14.3 Å². The number of nitrogens with one attached hydrogen (secondary N) is 1. The predicted octanol–water partition coefficient (Wildman–Crippen LogP) is 1.78. The summed E-state index contributed by atoms with van der Waals surface area (Å²) < 4.78 is 35.3. The molecule has 9 heteroatoms. The van der Waals surface area contributed by atoms with E-state index in [0.717, 1.165) is 19.4 Å². The minimum atomic E-state index is -3.74. The molecular weight excluding hydrogens is 368 g/mol. The lowest BCUT2D eigenvalue weighted by Crippen LogP contribution is -2.27. The van der Waals surface area contributed by atoms with Gasteiger partial charge < -0.3 is 14.2 Å². The Morgan fingerprint density at radius 1 is 1.30 bits per heavy atom. The fourth-order valence-electron chi connectivity index (χ4n) is 3.09. The number of unbranched alkanes of at least 4 members (excludes halogenated alkanes) is 1. The highest BCUT2D eigenvalue weighted by Gasteiger charge is 2.25. The van der Waals surface area contributed by atoms with Crippen LogP contribution in [0, 0.1) is 0 Å². The minimum Gasteiger partial charge on any atom is -0.495 e. The van der Waals surface area contributed by atoms with Crippen LogP contribution in [0.1, 0.15) is 25.7 Å². The van der Waals surface area contributed by atoms with E-state index in [1.165, 1.54) is 13.2 Å². The molecule has 3 rings (SSSR count). The van der Waals surface area contributed by atoms with Crippen molar-refractivity contribution in [2.45, 2.75) is 37.1 Å². The lowest BCUT2D eigenvalue weighted by Gasteiger charge is -2.18. The Bertz CT molecular complexity index is 881. The topological polar surface area (TPSA) is 93.5 Å². The van der Waals surface area contributed by atoms with Crippen LogP contribution in [0.25, 0.3) is 0 Å². The van der Waals surface area contributed by atoms with Gasteiger partial charge >= 0.3 is 0 Å². The number of hydrogen-bond donors (Lipinski definition) is 1. The molecule has 146 valence electrons. The summed E-state index contributed by atoms with van der Waals surface area (Å²) in [6.07, 6.45) is 8.13. The van der Waals surface area contributed by atoms with Crippen molar-refractivity contribution in [3.8, 4) is 5.75 Å². The zero-order valence-corrected chi connectivity index (χ0v) is 16.1. The number of benzene rings is 1. The van der Waals surface area contributed by atoms with Crippen LogP contribution in [0.4, 0.5) is 5.69 Å². The first-order valence-electron chi connectivity index (χ1n) is 8.95. The average molecular weight is 392 g/mol. The van der Waals surface area contributed by atoms with E-state index in [2.05, 4.69) is 9.71 Å². The monoisotopic (exact) mass is 392 g/mol. The van der Waals surface area contributed by atoms with Crippen LogP contribution in [0.15, 0.2) is 41.8 Å². The second-order valence-corrected chi connectivity index (χ2v) is 8.12. The highest BCUT2D eigenvalue weighted by molar-refractivity contribution is 7.89. The lowest BCUT2D eigenvalue weighted by atomic mass is 10.3. The van der Waals surface area contributed by atoms with Gasteiger partial charge in [0.25, 0.3) is 0 Å². The number of carbonyl (C=O) groups excluding carboxylic acids is 1. The third kappa shape index (κ3) is 4.67. The molecule has 0 spiro atoms. The van der Waals surface area contributed by atoms with Gasteiger partial charge in [0.2, 0.25) is 15.9 Å².